The van der Waals surface area contributed by atoms with Gasteiger partial charge in [0, 0.05) is 6.54 Å². The highest BCUT2D eigenvalue weighted by Crippen LogP contribution is 2.39. The molecule has 3 rings (SSSR count). The topological polar surface area (TPSA) is 92.9 Å². The lowest BCUT2D eigenvalue weighted by Gasteiger charge is -2.41. The van der Waals surface area contributed by atoms with Crippen LogP contribution in [0.25, 0.3) is 0 Å². The predicted octanol–water partition coefficient (Wildman–Crippen LogP) is 0.152. The summed E-state index contributed by atoms with van der Waals surface area (Å²) in [4.78, 5) is 11.1. The van der Waals surface area contributed by atoms with Gasteiger partial charge in [-0.15, -0.1) is 5.10 Å². The van der Waals surface area contributed by atoms with E-state index in [-0.39, 0.29) is 6.04 Å². The maximum Gasteiger partial charge on any atom is 0.320 e. The molecule has 1 aromatic heterocycles. The maximum atomic E-state index is 11.1. The predicted molar refractivity (Wildman–Crippen MR) is 66.2 cm³/mol. The molecule has 0 aromatic carbocycles. The summed E-state index contributed by atoms with van der Waals surface area (Å²) in [5.74, 6) is 1.01. The van der Waals surface area contributed by atoms with Crippen molar-refractivity contribution in [1.29, 1.82) is 0 Å². The van der Waals surface area contributed by atoms with Crippen LogP contribution in [0.1, 0.15) is 25.7 Å². The first-order chi connectivity index (χ1) is 9.22. The molecule has 1 unspecified atom stereocenters. The number of rotatable bonds is 3. The van der Waals surface area contributed by atoms with E-state index in [0.29, 0.717) is 17.8 Å². The molecular weight excluding hydrogens is 246 g/mol. The number of carboxylic acids is 1. The van der Waals surface area contributed by atoms with E-state index in [0.717, 1.165) is 25.9 Å². The Kier molecular flexibility index (Phi) is 3.46. The molecule has 1 aliphatic heterocycles. The highest BCUT2D eigenvalue weighted by Gasteiger charge is 2.37. The van der Waals surface area contributed by atoms with Gasteiger partial charge < -0.3 is 10.4 Å². The van der Waals surface area contributed by atoms with Crippen molar-refractivity contribution in [3.8, 4) is 0 Å². The van der Waals surface area contributed by atoms with E-state index < -0.39 is 5.97 Å². The van der Waals surface area contributed by atoms with Crippen LogP contribution < -0.4 is 5.32 Å². The molecule has 7 nitrogen and oxygen atoms in total. The Morgan fingerprint density at radius 2 is 2.26 bits per heavy atom. The normalized spacial score (nSPS) is 34.7. The molecule has 7 heteroatoms. The van der Waals surface area contributed by atoms with E-state index in [2.05, 4.69) is 20.8 Å². The van der Waals surface area contributed by atoms with Crippen LogP contribution in [0.4, 0.5) is 0 Å². The molecule has 4 atom stereocenters. The minimum Gasteiger partial charge on any atom is -0.480 e. The van der Waals surface area contributed by atoms with E-state index in [4.69, 9.17) is 5.11 Å². The van der Waals surface area contributed by atoms with Crippen molar-refractivity contribution in [2.75, 3.05) is 6.54 Å². The van der Waals surface area contributed by atoms with Gasteiger partial charge >= 0.3 is 5.97 Å². The Balaban J connectivity index is 1.59. The molecule has 2 fully saturated rings. The molecule has 0 amide bonds. The van der Waals surface area contributed by atoms with Crippen molar-refractivity contribution < 1.29 is 9.90 Å². The van der Waals surface area contributed by atoms with E-state index in [1.54, 1.807) is 11.0 Å². The fraction of sp³-hybridized carbons (Fsp3) is 0.833. The summed E-state index contributed by atoms with van der Waals surface area (Å²) in [6, 6.07) is -0.368. The summed E-state index contributed by atoms with van der Waals surface area (Å²) < 4.78 is 1.78. The summed E-state index contributed by atoms with van der Waals surface area (Å²) in [5, 5.41) is 23.5. The Hall–Kier alpha value is -1.50. The van der Waals surface area contributed by atoms with Gasteiger partial charge in [-0.3, -0.25) is 4.79 Å². The summed E-state index contributed by atoms with van der Waals surface area (Å²) >= 11 is 0. The molecule has 1 saturated carbocycles. The molecule has 0 radical (unpaired) electrons. The van der Waals surface area contributed by atoms with Gasteiger partial charge in [-0.25, -0.2) is 4.68 Å². The molecular formula is C12H19N5O2. The number of nitrogens with zero attached hydrogens (tertiary/aromatic N) is 4. The number of hydrogen-bond acceptors (Lipinski definition) is 5. The number of aromatic nitrogens is 4. The van der Waals surface area contributed by atoms with Gasteiger partial charge in [0.15, 0.2) is 0 Å². The van der Waals surface area contributed by atoms with Gasteiger partial charge in [0.1, 0.15) is 12.4 Å². The second-order valence-electron chi connectivity index (χ2n) is 5.77. The number of carbonyl (C=O) groups is 1. The number of hydrogen-bond donors (Lipinski definition) is 2. The molecule has 1 aliphatic carbocycles. The number of aliphatic carboxylic acids is 1. The third-order valence-corrected chi connectivity index (χ3v) is 4.55. The van der Waals surface area contributed by atoms with E-state index in [1.807, 2.05) is 0 Å². The first kappa shape index (κ1) is 12.5. The zero-order valence-electron chi connectivity index (χ0n) is 10.8. The SMILES string of the molecule is O=C(O)[C@@H]1C[C@H]2CC(Cn3cnnn3)CC[C@@H]2CN1. The van der Waals surface area contributed by atoms with Crippen molar-refractivity contribution >= 4 is 5.97 Å². The smallest absolute Gasteiger partial charge is 0.320 e. The lowest BCUT2D eigenvalue weighted by atomic mass is 9.69. The van der Waals surface area contributed by atoms with Crippen molar-refractivity contribution in [1.82, 2.24) is 25.5 Å². The van der Waals surface area contributed by atoms with Crippen LogP contribution in [0.5, 0.6) is 0 Å². The Labute approximate surface area is 111 Å². The summed E-state index contributed by atoms with van der Waals surface area (Å²) in [6.07, 6.45) is 5.86. The van der Waals surface area contributed by atoms with Crippen LogP contribution >= 0.6 is 0 Å². The molecule has 104 valence electrons. The van der Waals surface area contributed by atoms with Crippen LogP contribution in [0.2, 0.25) is 0 Å². The van der Waals surface area contributed by atoms with Crippen molar-refractivity contribution in [2.24, 2.45) is 17.8 Å². The minimum atomic E-state index is -0.721. The van der Waals surface area contributed by atoms with Gasteiger partial charge in [-0.1, -0.05) is 0 Å². The second kappa shape index (κ2) is 5.24. The lowest BCUT2D eigenvalue weighted by molar-refractivity contribution is -0.141. The molecule has 0 spiro atoms. The van der Waals surface area contributed by atoms with Crippen molar-refractivity contribution in [2.45, 2.75) is 38.3 Å². The average molecular weight is 265 g/mol. The highest BCUT2D eigenvalue weighted by atomic mass is 16.4. The molecule has 0 bridgehead atoms. The van der Waals surface area contributed by atoms with Gasteiger partial charge in [0.2, 0.25) is 0 Å². The number of piperidine rings is 1. The number of carboxylic acid groups (broad SMARTS) is 1. The van der Waals surface area contributed by atoms with Crippen molar-refractivity contribution in [3.05, 3.63) is 6.33 Å². The Morgan fingerprint density at radius 1 is 1.37 bits per heavy atom. The molecule has 1 saturated heterocycles. The third-order valence-electron chi connectivity index (χ3n) is 4.55. The molecule has 19 heavy (non-hydrogen) atoms. The Bertz CT molecular complexity index is 435. The van der Waals surface area contributed by atoms with Crippen LogP contribution in [0.3, 0.4) is 0 Å². The minimum absolute atomic E-state index is 0.368. The van der Waals surface area contributed by atoms with Crippen LogP contribution in [-0.4, -0.2) is 43.9 Å². The van der Waals surface area contributed by atoms with Crippen molar-refractivity contribution in [3.63, 3.8) is 0 Å². The van der Waals surface area contributed by atoms with Gasteiger partial charge in [0.25, 0.3) is 0 Å². The fourth-order valence-corrected chi connectivity index (χ4v) is 3.54. The summed E-state index contributed by atoms with van der Waals surface area (Å²) in [7, 11) is 0. The van der Waals surface area contributed by atoms with Gasteiger partial charge in [0.05, 0.1) is 0 Å². The maximum absolute atomic E-state index is 11.1. The third kappa shape index (κ3) is 2.75. The van der Waals surface area contributed by atoms with Gasteiger partial charge in [-0.05, 0) is 60.4 Å². The second-order valence-corrected chi connectivity index (χ2v) is 5.77. The number of fused-ring (bicyclic) bond motifs is 1. The van der Waals surface area contributed by atoms with Gasteiger partial charge in [-0.2, -0.15) is 0 Å². The zero-order chi connectivity index (χ0) is 13.2. The standard InChI is InChI=1S/C12H19N5O2/c18-12(19)11-4-10-3-8(1-2-9(10)5-13-11)6-17-7-14-15-16-17/h7-11,13H,1-6H2,(H,18,19)/t8?,9-,10-,11+/m1/s1. The van der Waals surface area contributed by atoms with Crippen LogP contribution in [0, 0.1) is 17.8 Å². The van der Waals surface area contributed by atoms with E-state index >= 15 is 0 Å². The Morgan fingerprint density at radius 3 is 3.00 bits per heavy atom. The first-order valence-corrected chi connectivity index (χ1v) is 6.89. The average Bonchev–Trinajstić information content (AvgIpc) is 2.90. The quantitative estimate of drug-likeness (QED) is 0.808. The zero-order valence-corrected chi connectivity index (χ0v) is 10.8. The van der Waals surface area contributed by atoms with Crippen LogP contribution in [0.15, 0.2) is 6.33 Å². The summed E-state index contributed by atoms with van der Waals surface area (Å²) in [6.45, 7) is 1.70. The largest absolute Gasteiger partial charge is 0.480 e. The first-order valence-electron chi connectivity index (χ1n) is 6.89. The van der Waals surface area contributed by atoms with Crippen LogP contribution in [-0.2, 0) is 11.3 Å². The fourth-order valence-electron chi connectivity index (χ4n) is 3.54. The van der Waals surface area contributed by atoms with E-state index in [1.165, 1.54) is 12.8 Å². The monoisotopic (exact) mass is 265 g/mol. The molecule has 2 heterocycles. The lowest BCUT2D eigenvalue weighted by Crippen LogP contribution is -2.49. The summed E-state index contributed by atoms with van der Waals surface area (Å²) in [5.41, 5.74) is 0. The molecule has 2 N–H and O–H groups in total. The number of tetrazole rings is 1. The highest BCUT2D eigenvalue weighted by molar-refractivity contribution is 5.73. The molecule has 2 aliphatic rings. The molecule has 1 aromatic rings. The van der Waals surface area contributed by atoms with E-state index in [9.17, 15) is 4.79 Å². The number of nitrogens with one attached hydrogen (secondary N) is 1.